The molecule has 7 nitrogen and oxygen atoms in total. The lowest BCUT2D eigenvalue weighted by atomic mass is 10.5. The Labute approximate surface area is 101 Å². The maximum Gasteiger partial charge on any atom is 0.302 e. The van der Waals surface area contributed by atoms with E-state index >= 15 is 0 Å². The summed E-state index contributed by atoms with van der Waals surface area (Å²) in [6, 6.07) is 3.16. The number of nitrogens with one attached hydrogen (secondary N) is 2. The van der Waals surface area contributed by atoms with Gasteiger partial charge in [0.15, 0.2) is 5.82 Å². The molecule has 2 N–H and O–H groups in total. The monoisotopic (exact) mass is 257 g/mol. The average Bonchev–Trinajstić information content (AvgIpc) is 2.27. The molecule has 0 aliphatic carbocycles. The predicted octanol–water partition coefficient (Wildman–Crippen LogP) is 0.293. The van der Waals surface area contributed by atoms with Gasteiger partial charge in [-0.05, 0) is 12.1 Å². The summed E-state index contributed by atoms with van der Waals surface area (Å²) in [6.07, 6.45) is 1.68. The molecule has 0 radical (unpaired) electrons. The molecule has 0 saturated heterocycles. The van der Waals surface area contributed by atoms with Crippen LogP contribution in [0.5, 0.6) is 0 Å². The lowest BCUT2D eigenvalue weighted by molar-refractivity contribution is 0.526. The number of hydrogen-bond donors (Lipinski definition) is 2. The Morgan fingerprint density at radius 1 is 1.35 bits per heavy atom. The number of nitrogens with zero attached hydrogens (tertiary/aromatic N) is 3. The van der Waals surface area contributed by atoms with Gasteiger partial charge in [0, 0.05) is 20.6 Å². The zero-order valence-electron chi connectivity index (χ0n) is 9.71. The van der Waals surface area contributed by atoms with E-state index in [1.807, 2.05) is 0 Å². The molecule has 1 rings (SSSR count). The first-order valence-corrected chi connectivity index (χ1v) is 6.28. The molecule has 1 aromatic heterocycles. The fraction of sp³-hybridized carbons (Fsp3) is 0.333. The molecule has 0 bridgehead atoms. The van der Waals surface area contributed by atoms with E-state index in [9.17, 15) is 8.42 Å². The maximum atomic E-state index is 11.5. The van der Waals surface area contributed by atoms with Crippen LogP contribution in [0.3, 0.4) is 0 Å². The summed E-state index contributed by atoms with van der Waals surface area (Å²) in [6.45, 7) is 4.12. The van der Waals surface area contributed by atoms with Gasteiger partial charge in [0.25, 0.3) is 0 Å². The lowest BCUT2D eigenvalue weighted by Gasteiger charge is -2.12. The van der Waals surface area contributed by atoms with Crippen LogP contribution in [0.25, 0.3) is 0 Å². The Kier molecular flexibility index (Phi) is 4.41. The van der Waals surface area contributed by atoms with Gasteiger partial charge in [0.1, 0.15) is 5.82 Å². The van der Waals surface area contributed by atoms with Crippen molar-refractivity contribution in [1.82, 2.24) is 14.5 Å². The van der Waals surface area contributed by atoms with Gasteiger partial charge in [-0.3, -0.25) is 4.72 Å². The van der Waals surface area contributed by atoms with Crippen LogP contribution in [0.15, 0.2) is 24.8 Å². The first-order chi connectivity index (χ1) is 7.95. The molecule has 0 spiro atoms. The van der Waals surface area contributed by atoms with Crippen LogP contribution in [0.1, 0.15) is 0 Å². The Morgan fingerprint density at radius 2 is 1.94 bits per heavy atom. The van der Waals surface area contributed by atoms with Crippen molar-refractivity contribution in [2.24, 2.45) is 0 Å². The fourth-order valence-electron chi connectivity index (χ4n) is 0.881. The normalized spacial score (nSPS) is 11.2. The first-order valence-electron chi connectivity index (χ1n) is 4.84. The van der Waals surface area contributed by atoms with Crippen LogP contribution < -0.4 is 10.0 Å². The van der Waals surface area contributed by atoms with Crippen LogP contribution in [-0.2, 0) is 10.2 Å². The average molecular weight is 257 g/mol. The largest absolute Gasteiger partial charge is 0.365 e. The quantitative estimate of drug-likeness (QED) is 0.715. The summed E-state index contributed by atoms with van der Waals surface area (Å²) in [5, 5.41) is 10.5. The van der Waals surface area contributed by atoms with Gasteiger partial charge in [-0.2, -0.15) is 12.7 Å². The molecule has 0 atom stereocenters. The Hall–Kier alpha value is -1.67. The van der Waals surface area contributed by atoms with Crippen molar-refractivity contribution in [3.05, 3.63) is 24.8 Å². The third-order valence-electron chi connectivity index (χ3n) is 1.81. The van der Waals surface area contributed by atoms with Crippen molar-refractivity contribution in [3.63, 3.8) is 0 Å². The minimum Gasteiger partial charge on any atom is -0.365 e. The molecule has 0 aliphatic rings. The summed E-state index contributed by atoms with van der Waals surface area (Å²) in [4.78, 5) is 0. The highest BCUT2D eigenvalue weighted by atomic mass is 32.2. The lowest BCUT2D eigenvalue weighted by Crippen LogP contribution is -2.29. The van der Waals surface area contributed by atoms with Crippen molar-refractivity contribution >= 4 is 21.8 Å². The van der Waals surface area contributed by atoms with Crippen molar-refractivity contribution in [3.8, 4) is 0 Å². The van der Waals surface area contributed by atoms with Crippen LogP contribution in [0.4, 0.5) is 11.6 Å². The second-order valence-electron chi connectivity index (χ2n) is 3.36. The maximum absolute atomic E-state index is 11.5. The number of hydrogen-bond acceptors (Lipinski definition) is 5. The van der Waals surface area contributed by atoms with E-state index in [0.29, 0.717) is 12.4 Å². The second-order valence-corrected chi connectivity index (χ2v) is 5.25. The third kappa shape index (κ3) is 4.00. The van der Waals surface area contributed by atoms with Crippen molar-refractivity contribution in [2.75, 3.05) is 30.7 Å². The van der Waals surface area contributed by atoms with Crippen LogP contribution in [-0.4, -0.2) is 43.6 Å². The molecule has 0 saturated carbocycles. The van der Waals surface area contributed by atoms with E-state index in [0.717, 1.165) is 4.31 Å². The summed E-state index contributed by atoms with van der Waals surface area (Å²) < 4.78 is 26.3. The van der Waals surface area contributed by atoms with Crippen molar-refractivity contribution < 1.29 is 8.42 Å². The van der Waals surface area contributed by atoms with Crippen molar-refractivity contribution in [1.29, 1.82) is 0 Å². The van der Waals surface area contributed by atoms with E-state index in [2.05, 4.69) is 26.8 Å². The zero-order chi connectivity index (χ0) is 12.9. The van der Waals surface area contributed by atoms with Crippen LogP contribution in [0.2, 0.25) is 0 Å². The van der Waals surface area contributed by atoms with Gasteiger partial charge >= 0.3 is 10.2 Å². The molecule has 1 heterocycles. The SMILES string of the molecule is C=CCNc1ccc(NS(=O)(=O)N(C)C)nn1. The summed E-state index contributed by atoms with van der Waals surface area (Å²) in [5.74, 6) is 0.723. The minimum absolute atomic E-state index is 0.169. The Balaban J connectivity index is 2.72. The fourth-order valence-corrected chi connectivity index (χ4v) is 1.44. The summed E-state index contributed by atoms with van der Waals surface area (Å²) >= 11 is 0. The molecular weight excluding hydrogens is 242 g/mol. The topological polar surface area (TPSA) is 87.2 Å². The molecule has 0 aromatic carbocycles. The predicted molar refractivity (Wildman–Crippen MR) is 66.9 cm³/mol. The number of anilines is 2. The van der Waals surface area contributed by atoms with Crippen molar-refractivity contribution in [2.45, 2.75) is 0 Å². The summed E-state index contributed by atoms with van der Waals surface area (Å²) in [5.41, 5.74) is 0. The molecule has 0 fully saturated rings. The highest BCUT2D eigenvalue weighted by Gasteiger charge is 2.13. The van der Waals surface area contributed by atoms with E-state index in [4.69, 9.17) is 0 Å². The molecule has 0 unspecified atom stereocenters. The minimum atomic E-state index is -3.54. The number of rotatable bonds is 6. The van der Waals surface area contributed by atoms with E-state index in [-0.39, 0.29) is 5.82 Å². The summed E-state index contributed by atoms with van der Waals surface area (Å²) in [7, 11) is -0.684. The van der Waals surface area contributed by atoms with Gasteiger partial charge in [-0.25, -0.2) is 0 Å². The number of aromatic nitrogens is 2. The van der Waals surface area contributed by atoms with Gasteiger partial charge in [-0.15, -0.1) is 16.8 Å². The first kappa shape index (κ1) is 13.4. The molecule has 17 heavy (non-hydrogen) atoms. The standard InChI is InChI=1S/C9H15N5O2S/c1-4-7-10-8-5-6-9(12-11-8)13-17(15,16)14(2)3/h4-6H,1,7H2,2-3H3,(H,10,11)(H,12,13). The Bertz CT molecular complexity index is 469. The third-order valence-corrected chi connectivity index (χ3v) is 3.23. The van der Waals surface area contributed by atoms with Gasteiger partial charge < -0.3 is 5.32 Å². The van der Waals surface area contributed by atoms with Gasteiger partial charge in [0.05, 0.1) is 0 Å². The smallest absolute Gasteiger partial charge is 0.302 e. The molecule has 8 heteroatoms. The van der Waals surface area contributed by atoms with Gasteiger partial charge in [0.2, 0.25) is 0 Å². The zero-order valence-corrected chi connectivity index (χ0v) is 10.5. The van der Waals surface area contributed by atoms with E-state index < -0.39 is 10.2 Å². The molecule has 0 amide bonds. The highest BCUT2D eigenvalue weighted by Crippen LogP contribution is 2.08. The molecule has 1 aromatic rings. The van der Waals surface area contributed by atoms with E-state index in [1.165, 1.54) is 20.2 Å². The van der Waals surface area contributed by atoms with Crippen LogP contribution in [0, 0.1) is 0 Å². The van der Waals surface area contributed by atoms with Crippen LogP contribution >= 0.6 is 0 Å². The Morgan fingerprint density at radius 3 is 2.41 bits per heavy atom. The van der Waals surface area contributed by atoms with E-state index in [1.54, 1.807) is 12.1 Å². The molecule has 94 valence electrons. The molecule has 0 aliphatic heterocycles. The second kappa shape index (κ2) is 5.60. The highest BCUT2D eigenvalue weighted by molar-refractivity contribution is 7.90. The molecular formula is C9H15N5O2S. The van der Waals surface area contributed by atoms with Gasteiger partial charge in [-0.1, -0.05) is 6.08 Å².